The molecule has 0 unspecified atom stereocenters. The lowest BCUT2D eigenvalue weighted by Crippen LogP contribution is -2.26. The van der Waals surface area contributed by atoms with Gasteiger partial charge in [0, 0.05) is 18.4 Å². The van der Waals surface area contributed by atoms with Crippen LogP contribution in [0.15, 0.2) is 47.0 Å². The van der Waals surface area contributed by atoms with Gasteiger partial charge in [0.15, 0.2) is 11.5 Å². The predicted molar refractivity (Wildman–Crippen MR) is 104 cm³/mol. The first-order valence-electron chi connectivity index (χ1n) is 9.10. The molecule has 0 aliphatic heterocycles. The van der Waals surface area contributed by atoms with Gasteiger partial charge in [-0.15, -0.1) is 0 Å². The van der Waals surface area contributed by atoms with Gasteiger partial charge >= 0.3 is 0 Å². The molecule has 3 rings (SSSR count). The minimum atomic E-state index is -0.377. The molecule has 0 fully saturated rings. The van der Waals surface area contributed by atoms with E-state index in [1.165, 1.54) is 12.1 Å². The van der Waals surface area contributed by atoms with Crippen LogP contribution in [0.25, 0.3) is 11.4 Å². The minimum absolute atomic E-state index is 0.155. The lowest BCUT2D eigenvalue weighted by Gasteiger charge is -2.16. The van der Waals surface area contributed by atoms with Gasteiger partial charge in [-0.05, 0) is 36.8 Å². The SMILES string of the molecule is COc1ccc([C@@H](C)NC(=O)CCc2nc(-c3cccc(F)c3)no2)cc1OC. The second-order valence-corrected chi connectivity index (χ2v) is 6.43. The van der Waals surface area contributed by atoms with Crippen molar-refractivity contribution in [2.75, 3.05) is 14.2 Å². The van der Waals surface area contributed by atoms with Crippen molar-refractivity contribution in [3.8, 4) is 22.9 Å². The van der Waals surface area contributed by atoms with Gasteiger partial charge in [-0.3, -0.25) is 4.79 Å². The highest BCUT2D eigenvalue weighted by Crippen LogP contribution is 2.29. The number of aromatic nitrogens is 2. The van der Waals surface area contributed by atoms with Crippen molar-refractivity contribution < 1.29 is 23.2 Å². The Morgan fingerprint density at radius 3 is 2.69 bits per heavy atom. The van der Waals surface area contributed by atoms with Crippen LogP contribution in [0.3, 0.4) is 0 Å². The van der Waals surface area contributed by atoms with E-state index >= 15 is 0 Å². The second kappa shape index (κ2) is 9.18. The van der Waals surface area contributed by atoms with Crippen molar-refractivity contribution >= 4 is 5.91 Å². The number of nitrogens with one attached hydrogen (secondary N) is 1. The highest BCUT2D eigenvalue weighted by atomic mass is 19.1. The quantitative estimate of drug-likeness (QED) is 0.622. The molecule has 0 saturated heterocycles. The number of amides is 1. The van der Waals surface area contributed by atoms with E-state index in [4.69, 9.17) is 14.0 Å². The summed E-state index contributed by atoms with van der Waals surface area (Å²) in [5, 5.41) is 6.77. The molecule has 0 aliphatic rings. The van der Waals surface area contributed by atoms with Gasteiger partial charge in [0.05, 0.1) is 20.3 Å². The van der Waals surface area contributed by atoms with Crippen molar-refractivity contribution in [1.29, 1.82) is 0 Å². The summed E-state index contributed by atoms with van der Waals surface area (Å²) in [5.74, 6) is 1.30. The highest BCUT2D eigenvalue weighted by molar-refractivity contribution is 5.76. The maximum Gasteiger partial charge on any atom is 0.227 e. The van der Waals surface area contributed by atoms with E-state index in [2.05, 4.69) is 15.5 Å². The standard InChI is InChI=1S/C21H22FN3O4/c1-13(14-7-8-17(27-2)18(12-14)28-3)23-19(26)9-10-20-24-21(25-29-20)15-5-4-6-16(22)11-15/h4-8,11-13H,9-10H2,1-3H3,(H,23,26)/t13-/m1/s1. The average molecular weight is 399 g/mol. The van der Waals surface area contributed by atoms with Crippen molar-refractivity contribution in [1.82, 2.24) is 15.5 Å². The average Bonchev–Trinajstić information content (AvgIpc) is 3.21. The molecule has 0 radical (unpaired) electrons. The molecule has 0 spiro atoms. The van der Waals surface area contributed by atoms with Crippen molar-refractivity contribution in [2.45, 2.75) is 25.8 Å². The normalized spacial score (nSPS) is 11.7. The molecule has 0 saturated carbocycles. The number of nitrogens with zero attached hydrogens (tertiary/aromatic N) is 2. The Bertz CT molecular complexity index is 990. The van der Waals surface area contributed by atoms with Crippen LogP contribution in [0.4, 0.5) is 4.39 Å². The summed E-state index contributed by atoms with van der Waals surface area (Å²) in [7, 11) is 3.13. The number of benzene rings is 2. The molecule has 1 atom stereocenters. The summed E-state index contributed by atoms with van der Waals surface area (Å²) >= 11 is 0. The fourth-order valence-corrected chi connectivity index (χ4v) is 2.84. The van der Waals surface area contributed by atoms with Crippen molar-refractivity contribution in [3.63, 3.8) is 0 Å². The number of carbonyl (C=O) groups excluding carboxylic acids is 1. The zero-order valence-corrected chi connectivity index (χ0v) is 16.4. The summed E-state index contributed by atoms with van der Waals surface area (Å²) in [5.41, 5.74) is 1.41. The molecular formula is C21H22FN3O4. The topological polar surface area (TPSA) is 86.5 Å². The van der Waals surface area contributed by atoms with Crippen LogP contribution >= 0.6 is 0 Å². The molecule has 3 aromatic rings. The Kier molecular flexibility index (Phi) is 6.43. The first-order chi connectivity index (χ1) is 14.0. The Morgan fingerprint density at radius 2 is 1.97 bits per heavy atom. The molecule has 152 valence electrons. The van der Waals surface area contributed by atoms with Crippen LogP contribution in [0, 0.1) is 5.82 Å². The highest BCUT2D eigenvalue weighted by Gasteiger charge is 2.15. The second-order valence-electron chi connectivity index (χ2n) is 6.43. The van der Waals surface area contributed by atoms with Crippen LogP contribution < -0.4 is 14.8 Å². The lowest BCUT2D eigenvalue weighted by molar-refractivity contribution is -0.121. The Morgan fingerprint density at radius 1 is 1.17 bits per heavy atom. The molecule has 1 N–H and O–H groups in total. The van der Waals surface area contributed by atoms with Crippen LogP contribution in [0.1, 0.15) is 30.8 Å². The molecule has 0 bridgehead atoms. The largest absolute Gasteiger partial charge is 0.493 e. The molecule has 1 aromatic heterocycles. The van der Waals surface area contributed by atoms with Gasteiger partial charge in [-0.25, -0.2) is 4.39 Å². The fourth-order valence-electron chi connectivity index (χ4n) is 2.84. The summed E-state index contributed by atoms with van der Waals surface area (Å²) in [6, 6.07) is 11.2. The Hall–Kier alpha value is -3.42. The first kappa shape index (κ1) is 20.3. The van der Waals surface area contributed by atoms with Gasteiger partial charge < -0.3 is 19.3 Å². The van der Waals surface area contributed by atoms with E-state index in [0.29, 0.717) is 28.8 Å². The van der Waals surface area contributed by atoms with Gasteiger partial charge in [0.2, 0.25) is 17.6 Å². The molecular weight excluding hydrogens is 377 g/mol. The van der Waals surface area contributed by atoms with E-state index in [9.17, 15) is 9.18 Å². The van der Waals surface area contributed by atoms with E-state index in [0.717, 1.165) is 5.56 Å². The number of carbonyl (C=O) groups is 1. The number of methoxy groups -OCH3 is 2. The molecule has 0 aliphatic carbocycles. The number of ether oxygens (including phenoxy) is 2. The van der Waals surface area contributed by atoms with Gasteiger partial charge in [-0.1, -0.05) is 23.4 Å². The van der Waals surface area contributed by atoms with Crippen molar-refractivity contribution in [2.24, 2.45) is 0 Å². The zero-order chi connectivity index (χ0) is 20.8. The van der Waals surface area contributed by atoms with Gasteiger partial charge in [0.1, 0.15) is 5.82 Å². The van der Waals surface area contributed by atoms with Crippen LogP contribution in [0.2, 0.25) is 0 Å². The van der Waals surface area contributed by atoms with Crippen LogP contribution in [-0.2, 0) is 11.2 Å². The fraction of sp³-hybridized carbons (Fsp3) is 0.286. The number of halogens is 1. The number of aryl methyl sites for hydroxylation is 1. The lowest BCUT2D eigenvalue weighted by atomic mass is 10.1. The predicted octanol–water partition coefficient (Wildman–Crippen LogP) is 3.70. The zero-order valence-electron chi connectivity index (χ0n) is 16.4. The molecule has 8 heteroatoms. The number of hydrogen-bond acceptors (Lipinski definition) is 6. The number of hydrogen-bond donors (Lipinski definition) is 1. The third-order valence-corrected chi connectivity index (χ3v) is 4.40. The number of rotatable bonds is 8. The Labute approximate surface area is 167 Å². The first-order valence-corrected chi connectivity index (χ1v) is 9.10. The molecule has 2 aromatic carbocycles. The van der Waals surface area contributed by atoms with E-state index in [1.54, 1.807) is 32.4 Å². The molecule has 7 nitrogen and oxygen atoms in total. The summed E-state index contributed by atoms with van der Waals surface area (Å²) < 4.78 is 29.0. The summed E-state index contributed by atoms with van der Waals surface area (Å²) in [6.07, 6.45) is 0.467. The monoisotopic (exact) mass is 399 g/mol. The van der Waals surface area contributed by atoms with Crippen LogP contribution in [0.5, 0.6) is 11.5 Å². The van der Waals surface area contributed by atoms with Crippen LogP contribution in [-0.4, -0.2) is 30.3 Å². The molecule has 1 heterocycles. The summed E-state index contributed by atoms with van der Waals surface area (Å²) in [6.45, 7) is 1.88. The molecule has 29 heavy (non-hydrogen) atoms. The third kappa shape index (κ3) is 5.10. The maximum atomic E-state index is 13.3. The van der Waals surface area contributed by atoms with E-state index in [1.807, 2.05) is 19.1 Å². The maximum absolute atomic E-state index is 13.3. The minimum Gasteiger partial charge on any atom is -0.493 e. The Balaban J connectivity index is 1.56. The third-order valence-electron chi connectivity index (χ3n) is 4.40. The van der Waals surface area contributed by atoms with Gasteiger partial charge in [-0.2, -0.15) is 4.98 Å². The van der Waals surface area contributed by atoms with E-state index in [-0.39, 0.29) is 30.6 Å². The van der Waals surface area contributed by atoms with E-state index < -0.39 is 0 Å². The van der Waals surface area contributed by atoms with Gasteiger partial charge in [0.25, 0.3) is 0 Å². The molecule has 1 amide bonds. The van der Waals surface area contributed by atoms with Crippen molar-refractivity contribution in [3.05, 3.63) is 59.7 Å². The summed E-state index contributed by atoms with van der Waals surface area (Å²) in [4.78, 5) is 16.5. The smallest absolute Gasteiger partial charge is 0.227 e.